The lowest BCUT2D eigenvalue weighted by atomic mass is 10.0. The third-order valence-electron chi connectivity index (χ3n) is 6.09. The average molecular weight is 479 g/mol. The van der Waals surface area contributed by atoms with Gasteiger partial charge in [0.25, 0.3) is 0 Å². The summed E-state index contributed by atoms with van der Waals surface area (Å²) in [5, 5.41) is 10.1. The number of piperazine rings is 1. The van der Waals surface area contributed by atoms with E-state index in [4.69, 9.17) is 27.6 Å². The Morgan fingerprint density at radius 1 is 0.848 bits per heavy atom. The Labute approximate surface area is 203 Å². The molecule has 1 aromatic heterocycles. The highest BCUT2D eigenvalue weighted by atomic mass is 35.5. The normalized spacial score (nSPS) is 15.5. The lowest BCUT2D eigenvalue weighted by Crippen LogP contribution is -2.48. The third kappa shape index (κ3) is 4.62. The van der Waals surface area contributed by atoms with Gasteiger partial charge in [0, 0.05) is 36.9 Å². The Morgan fingerprint density at radius 3 is 2.33 bits per heavy atom. The van der Waals surface area contributed by atoms with Crippen LogP contribution in [0.3, 0.4) is 0 Å². The molecule has 0 bridgehead atoms. The molecule has 3 aromatic carbocycles. The van der Waals surface area contributed by atoms with Crippen molar-refractivity contribution in [2.45, 2.75) is 13.0 Å². The van der Waals surface area contributed by atoms with E-state index in [2.05, 4.69) is 51.2 Å². The van der Waals surface area contributed by atoms with Gasteiger partial charge in [0.2, 0.25) is 11.8 Å². The molecule has 2 heterocycles. The maximum absolute atomic E-state index is 6.36. The summed E-state index contributed by atoms with van der Waals surface area (Å²) >= 11 is 12.6. The molecule has 0 unspecified atom stereocenters. The molecule has 4 aromatic rings. The Hall–Kier alpha value is -2.86. The van der Waals surface area contributed by atoms with Crippen LogP contribution in [-0.2, 0) is 0 Å². The zero-order valence-electron chi connectivity index (χ0n) is 18.3. The van der Waals surface area contributed by atoms with E-state index in [9.17, 15) is 0 Å². The number of anilines is 1. The number of hydrogen-bond donors (Lipinski definition) is 0. The van der Waals surface area contributed by atoms with Gasteiger partial charge in [-0.05, 0) is 42.3 Å². The van der Waals surface area contributed by atoms with Crippen LogP contribution in [0.1, 0.15) is 23.1 Å². The number of halogens is 2. The van der Waals surface area contributed by atoms with Gasteiger partial charge in [-0.3, -0.25) is 4.90 Å². The molecule has 168 valence electrons. The minimum atomic E-state index is -0.127. The molecule has 1 aliphatic rings. The smallest absolute Gasteiger partial charge is 0.249 e. The van der Waals surface area contributed by atoms with Gasteiger partial charge in [-0.1, -0.05) is 71.7 Å². The first kappa shape index (κ1) is 22.0. The van der Waals surface area contributed by atoms with Crippen LogP contribution in [0.5, 0.6) is 0 Å². The fraction of sp³-hybridized carbons (Fsp3) is 0.231. The van der Waals surface area contributed by atoms with Crippen molar-refractivity contribution in [3.63, 3.8) is 0 Å². The summed E-state index contributed by atoms with van der Waals surface area (Å²) in [6.45, 7) is 5.61. The Morgan fingerprint density at radius 2 is 1.58 bits per heavy atom. The van der Waals surface area contributed by atoms with Crippen molar-refractivity contribution in [3.05, 3.63) is 99.9 Å². The SMILES string of the molecule is Cc1ccc(Cl)cc1N1CCN([C@@H](c2ccccc2)c2nnc(-c3ccccc3Cl)o2)CC1. The number of nitrogens with zero attached hydrogens (tertiary/aromatic N) is 4. The van der Waals surface area contributed by atoms with Crippen LogP contribution in [0, 0.1) is 6.92 Å². The van der Waals surface area contributed by atoms with E-state index in [0.29, 0.717) is 16.8 Å². The first-order valence-corrected chi connectivity index (χ1v) is 11.7. The zero-order valence-corrected chi connectivity index (χ0v) is 19.8. The Balaban J connectivity index is 1.42. The van der Waals surface area contributed by atoms with Crippen LogP contribution in [0.2, 0.25) is 10.0 Å². The van der Waals surface area contributed by atoms with Crippen molar-refractivity contribution in [1.29, 1.82) is 0 Å². The van der Waals surface area contributed by atoms with Crippen molar-refractivity contribution >= 4 is 28.9 Å². The molecule has 0 spiro atoms. The predicted octanol–water partition coefficient (Wildman–Crippen LogP) is 6.26. The number of aromatic nitrogens is 2. The lowest BCUT2D eigenvalue weighted by Gasteiger charge is -2.39. The van der Waals surface area contributed by atoms with Crippen LogP contribution < -0.4 is 4.90 Å². The highest BCUT2D eigenvalue weighted by Gasteiger charge is 2.31. The van der Waals surface area contributed by atoms with Crippen molar-refractivity contribution in [2.24, 2.45) is 0 Å². The van der Waals surface area contributed by atoms with Gasteiger partial charge < -0.3 is 9.32 Å². The lowest BCUT2D eigenvalue weighted by molar-refractivity contribution is 0.188. The summed E-state index contributed by atoms with van der Waals surface area (Å²) in [6, 6.07) is 23.8. The van der Waals surface area contributed by atoms with E-state index in [1.54, 1.807) is 0 Å². The number of rotatable bonds is 5. The maximum Gasteiger partial charge on any atom is 0.249 e. The molecule has 0 amide bonds. The van der Waals surface area contributed by atoms with Gasteiger partial charge in [-0.15, -0.1) is 10.2 Å². The predicted molar refractivity (Wildman–Crippen MR) is 133 cm³/mol. The summed E-state index contributed by atoms with van der Waals surface area (Å²) < 4.78 is 6.19. The van der Waals surface area contributed by atoms with Crippen molar-refractivity contribution in [1.82, 2.24) is 15.1 Å². The molecule has 5 nitrogen and oxygen atoms in total. The summed E-state index contributed by atoms with van der Waals surface area (Å²) in [5.74, 6) is 1.01. The average Bonchev–Trinajstić information content (AvgIpc) is 3.32. The fourth-order valence-electron chi connectivity index (χ4n) is 4.38. The molecule has 1 fully saturated rings. The molecular weight excluding hydrogens is 455 g/mol. The van der Waals surface area contributed by atoms with Crippen LogP contribution in [-0.4, -0.2) is 41.3 Å². The third-order valence-corrected chi connectivity index (χ3v) is 6.65. The molecule has 1 atom stereocenters. The largest absolute Gasteiger partial charge is 0.419 e. The monoisotopic (exact) mass is 478 g/mol. The molecule has 5 rings (SSSR count). The standard InChI is InChI=1S/C26H24Cl2N4O/c1-18-11-12-20(27)17-23(18)31-13-15-32(16-14-31)24(19-7-3-2-4-8-19)26-30-29-25(33-26)21-9-5-6-10-22(21)28/h2-12,17,24H,13-16H2,1H3/t24-/m0/s1. The van der Waals surface area contributed by atoms with E-state index >= 15 is 0 Å². The first-order chi connectivity index (χ1) is 16.1. The van der Waals surface area contributed by atoms with Gasteiger partial charge in [-0.25, -0.2) is 0 Å². The topological polar surface area (TPSA) is 45.4 Å². The summed E-state index contributed by atoms with van der Waals surface area (Å²) in [4.78, 5) is 4.79. The second kappa shape index (κ2) is 9.56. The van der Waals surface area contributed by atoms with Gasteiger partial charge in [0.15, 0.2) is 0 Å². The molecule has 1 aliphatic heterocycles. The summed E-state index contributed by atoms with van der Waals surface area (Å²) in [7, 11) is 0. The minimum Gasteiger partial charge on any atom is -0.419 e. The van der Waals surface area contributed by atoms with E-state index in [1.807, 2.05) is 48.5 Å². The summed E-state index contributed by atoms with van der Waals surface area (Å²) in [5.41, 5.74) is 4.29. The quantitative estimate of drug-likeness (QED) is 0.338. The molecule has 1 saturated heterocycles. The van der Waals surface area contributed by atoms with Gasteiger partial charge in [0.1, 0.15) is 6.04 Å². The fourth-order valence-corrected chi connectivity index (χ4v) is 4.76. The van der Waals surface area contributed by atoms with E-state index < -0.39 is 0 Å². The van der Waals surface area contributed by atoms with Crippen LogP contribution >= 0.6 is 23.2 Å². The van der Waals surface area contributed by atoms with E-state index in [-0.39, 0.29) is 6.04 Å². The van der Waals surface area contributed by atoms with Gasteiger partial charge in [-0.2, -0.15) is 0 Å². The van der Waals surface area contributed by atoms with E-state index in [0.717, 1.165) is 42.3 Å². The zero-order chi connectivity index (χ0) is 22.8. The molecule has 0 saturated carbocycles. The van der Waals surface area contributed by atoms with Crippen LogP contribution in [0.25, 0.3) is 11.5 Å². The molecule has 0 N–H and O–H groups in total. The second-order valence-corrected chi connectivity index (χ2v) is 9.04. The van der Waals surface area contributed by atoms with Gasteiger partial charge in [0.05, 0.1) is 10.6 Å². The number of benzene rings is 3. The molecule has 33 heavy (non-hydrogen) atoms. The minimum absolute atomic E-state index is 0.127. The Kier molecular flexibility index (Phi) is 6.36. The summed E-state index contributed by atoms with van der Waals surface area (Å²) in [6.07, 6.45) is 0. The molecule has 7 heteroatoms. The highest BCUT2D eigenvalue weighted by molar-refractivity contribution is 6.33. The van der Waals surface area contributed by atoms with E-state index in [1.165, 1.54) is 11.3 Å². The number of aryl methyl sites for hydroxylation is 1. The van der Waals surface area contributed by atoms with Crippen molar-refractivity contribution in [2.75, 3.05) is 31.1 Å². The molecular formula is C26H24Cl2N4O. The highest BCUT2D eigenvalue weighted by Crippen LogP contribution is 2.34. The first-order valence-electron chi connectivity index (χ1n) is 11.0. The van der Waals surface area contributed by atoms with Crippen molar-refractivity contribution in [3.8, 4) is 11.5 Å². The van der Waals surface area contributed by atoms with Crippen LogP contribution in [0.15, 0.2) is 77.2 Å². The molecule has 0 aliphatic carbocycles. The maximum atomic E-state index is 6.36. The van der Waals surface area contributed by atoms with Crippen LogP contribution in [0.4, 0.5) is 5.69 Å². The number of hydrogen-bond acceptors (Lipinski definition) is 5. The van der Waals surface area contributed by atoms with Crippen molar-refractivity contribution < 1.29 is 4.42 Å². The van der Waals surface area contributed by atoms with Gasteiger partial charge >= 0.3 is 0 Å². The second-order valence-electron chi connectivity index (χ2n) is 8.19. The Bertz CT molecular complexity index is 1240. The molecule has 0 radical (unpaired) electrons.